The lowest BCUT2D eigenvalue weighted by molar-refractivity contribution is -0.129. The standard InChI is InChI=1S/C17H18N2O6/c18-16(24)11-9(20)5-8-4-7-3-6-1-2-19-12(6)13(21)10(7)14(22)17(8,25)15(11)23/h1-2,6-8,12,19,22-23,25H,3-5H2,(H2,18,24)/t6?,7-,8-,12?,17-/m0/s1. The summed E-state index contributed by atoms with van der Waals surface area (Å²) >= 11 is 0. The Balaban J connectivity index is 1.88. The fraction of sp³-hybridized carbons (Fsp3) is 0.471. The van der Waals surface area contributed by atoms with E-state index >= 15 is 0 Å². The first-order chi connectivity index (χ1) is 11.8. The van der Waals surface area contributed by atoms with Crippen molar-refractivity contribution < 1.29 is 29.7 Å². The maximum atomic E-state index is 12.8. The average Bonchev–Trinajstić information content (AvgIpc) is 2.99. The molecule has 4 aliphatic rings. The maximum Gasteiger partial charge on any atom is 0.255 e. The van der Waals surface area contributed by atoms with Crippen LogP contribution in [0.5, 0.6) is 0 Å². The molecule has 0 radical (unpaired) electrons. The third-order valence-corrected chi connectivity index (χ3v) is 5.89. The smallest absolute Gasteiger partial charge is 0.255 e. The number of Topliss-reactive ketones (excluding diaryl/α,β-unsaturated/α-hetero) is 2. The molecule has 5 atom stereocenters. The topological polar surface area (TPSA) is 150 Å². The van der Waals surface area contributed by atoms with E-state index in [1.54, 1.807) is 6.20 Å². The normalized spacial score (nSPS) is 39.7. The predicted octanol–water partition coefficient (Wildman–Crippen LogP) is -0.490. The zero-order valence-corrected chi connectivity index (χ0v) is 13.2. The summed E-state index contributed by atoms with van der Waals surface area (Å²) in [4.78, 5) is 36.4. The highest BCUT2D eigenvalue weighted by Crippen LogP contribution is 2.52. The van der Waals surface area contributed by atoms with E-state index in [4.69, 9.17) is 5.73 Å². The highest BCUT2D eigenvalue weighted by molar-refractivity contribution is 6.20. The van der Waals surface area contributed by atoms with Crippen molar-refractivity contribution in [3.63, 3.8) is 0 Å². The van der Waals surface area contributed by atoms with Gasteiger partial charge in [0.2, 0.25) is 0 Å². The molecule has 1 aliphatic heterocycles. The van der Waals surface area contributed by atoms with E-state index in [1.165, 1.54) is 0 Å². The summed E-state index contributed by atoms with van der Waals surface area (Å²) in [5.41, 5.74) is 2.14. The van der Waals surface area contributed by atoms with Gasteiger partial charge in [0.05, 0.1) is 6.04 Å². The second-order valence-corrected chi connectivity index (χ2v) is 7.14. The summed E-state index contributed by atoms with van der Waals surface area (Å²) in [7, 11) is 0. The molecule has 0 spiro atoms. The van der Waals surface area contributed by atoms with Crippen LogP contribution in [-0.2, 0) is 14.4 Å². The molecule has 6 N–H and O–H groups in total. The van der Waals surface area contributed by atoms with Crippen LogP contribution >= 0.6 is 0 Å². The third-order valence-electron chi connectivity index (χ3n) is 5.89. The Morgan fingerprint density at radius 1 is 1.24 bits per heavy atom. The molecule has 0 aromatic rings. The van der Waals surface area contributed by atoms with E-state index in [0.29, 0.717) is 6.42 Å². The number of rotatable bonds is 1. The van der Waals surface area contributed by atoms with E-state index < -0.39 is 46.3 Å². The number of carbonyl (C=O) groups is 3. The van der Waals surface area contributed by atoms with Gasteiger partial charge in [0.15, 0.2) is 17.2 Å². The average molecular weight is 346 g/mol. The molecule has 1 saturated carbocycles. The van der Waals surface area contributed by atoms with Crippen LogP contribution in [0.2, 0.25) is 0 Å². The Hall–Kier alpha value is -2.61. The minimum Gasteiger partial charge on any atom is -0.508 e. The molecule has 0 aromatic carbocycles. The Labute approximate surface area is 142 Å². The van der Waals surface area contributed by atoms with Crippen molar-refractivity contribution in [2.75, 3.05) is 0 Å². The fourth-order valence-electron chi connectivity index (χ4n) is 4.69. The Bertz CT molecular complexity index is 810. The molecule has 8 nitrogen and oxygen atoms in total. The molecule has 0 bridgehead atoms. The Kier molecular flexibility index (Phi) is 3.15. The van der Waals surface area contributed by atoms with Crippen LogP contribution < -0.4 is 11.1 Å². The lowest BCUT2D eigenvalue weighted by Gasteiger charge is -2.47. The van der Waals surface area contributed by atoms with E-state index in [2.05, 4.69) is 5.32 Å². The highest BCUT2D eigenvalue weighted by atomic mass is 16.4. The third kappa shape index (κ3) is 1.88. The van der Waals surface area contributed by atoms with Crippen molar-refractivity contribution in [3.8, 4) is 0 Å². The molecular weight excluding hydrogens is 328 g/mol. The van der Waals surface area contributed by atoms with Crippen molar-refractivity contribution in [2.45, 2.75) is 30.9 Å². The first-order valence-electron chi connectivity index (χ1n) is 8.16. The Morgan fingerprint density at radius 2 is 1.96 bits per heavy atom. The molecule has 1 fully saturated rings. The van der Waals surface area contributed by atoms with Crippen LogP contribution in [0.3, 0.4) is 0 Å². The maximum absolute atomic E-state index is 12.8. The molecule has 2 unspecified atom stereocenters. The number of aliphatic hydroxyl groups is 3. The predicted molar refractivity (Wildman–Crippen MR) is 83.9 cm³/mol. The molecule has 0 aromatic heterocycles. The number of fused-ring (bicyclic) bond motifs is 3. The summed E-state index contributed by atoms with van der Waals surface area (Å²) in [6.07, 6.45) is 4.19. The van der Waals surface area contributed by atoms with Crippen LogP contribution in [0.15, 0.2) is 34.9 Å². The van der Waals surface area contributed by atoms with E-state index in [0.717, 1.165) is 0 Å². The number of hydrogen-bond donors (Lipinski definition) is 5. The Morgan fingerprint density at radius 3 is 2.64 bits per heavy atom. The van der Waals surface area contributed by atoms with Crippen LogP contribution in [-0.4, -0.2) is 44.4 Å². The van der Waals surface area contributed by atoms with E-state index in [9.17, 15) is 29.7 Å². The molecule has 132 valence electrons. The number of nitrogens with one attached hydrogen (secondary N) is 1. The van der Waals surface area contributed by atoms with Gasteiger partial charge in [-0.2, -0.15) is 0 Å². The van der Waals surface area contributed by atoms with E-state index in [-0.39, 0.29) is 36.0 Å². The van der Waals surface area contributed by atoms with Crippen molar-refractivity contribution in [1.29, 1.82) is 0 Å². The van der Waals surface area contributed by atoms with Crippen LogP contribution in [0.25, 0.3) is 0 Å². The molecular formula is C17H18N2O6. The minimum atomic E-state index is -2.33. The number of primary amides is 1. The van der Waals surface area contributed by atoms with Crippen molar-refractivity contribution in [2.24, 2.45) is 23.5 Å². The van der Waals surface area contributed by atoms with Gasteiger partial charge in [-0.15, -0.1) is 0 Å². The van der Waals surface area contributed by atoms with Crippen molar-refractivity contribution in [1.82, 2.24) is 5.32 Å². The minimum absolute atomic E-state index is 0.00939. The number of hydrogen-bond acceptors (Lipinski definition) is 7. The zero-order chi connectivity index (χ0) is 18.1. The van der Waals surface area contributed by atoms with Gasteiger partial charge in [0.1, 0.15) is 17.1 Å². The van der Waals surface area contributed by atoms with Gasteiger partial charge >= 0.3 is 0 Å². The van der Waals surface area contributed by atoms with Gasteiger partial charge < -0.3 is 26.4 Å². The van der Waals surface area contributed by atoms with Crippen LogP contribution in [0, 0.1) is 17.8 Å². The van der Waals surface area contributed by atoms with Crippen molar-refractivity contribution >= 4 is 17.5 Å². The van der Waals surface area contributed by atoms with Crippen molar-refractivity contribution in [3.05, 3.63) is 34.9 Å². The summed E-state index contributed by atoms with van der Waals surface area (Å²) < 4.78 is 0. The molecule has 1 heterocycles. The van der Waals surface area contributed by atoms with Gasteiger partial charge in [-0.05, 0) is 25.0 Å². The van der Waals surface area contributed by atoms with Gasteiger partial charge in [-0.3, -0.25) is 14.4 Å². The monoisotopic (exact) mass is 346 g/mol. The zero-order valence-electron chi connectivity index (χ0n) is 13.2. The summed E-state index contributed by atoms with van der Waals surface area (Å²) in [6, 6.07) is -0.513. The number of aliphatic hydroxyl groups excluding tert-OH is 2. The lowest BCUT2D eigenvalue weighted by Crippen LogP contribution is -2.56. The SMILES string of the molecule is NC(=O)C1=C(O)[C@@]2(O)C(O)=C3C(=O)C4NC=CC4C[C@H]3C[C@H]2CC1=O. The van der Waals surface area contributed by atoms with Crippen LogP contribution in [0.1, 0.15) is 19.3 Å². The number of ketones is 2. The first-order valence-corrected chi connectivity index (χ1v) is 8.16. The lowest BCUT2D eigenvalue weighted by atomic mass is 9.60. The first kappa shape index (κ1) is 15.9. The summed E-state index contributed by atoms with van der Waals surface area (Å²) in [6.45, 7) is 0. The molecule has 1 amide bonds. The van der Waals surface area contributed by atoms with Gasteiger partial charge in [0, 0.05) is 23.8 Å². The summed E-state index contributed by atoms with van der Waals surface area (Å²) in [5, 5.41) is 35.0. The number of nitrogens with two attached hydrogens (primary N) is 1. The van der Waals surface area contributed by atoms with Crippen LogP contribution in [0.4, 0.5) is 0 Å². The second-order valence-electron chi connectivity index (χ2n) is 7.14. The number of carbonyl (C=O) groups excluding carboxylic acids is 3. The molecule has 3 aliphatic carbocycles. The van der Waals surface area contributed by atoms with Gasteiger partial charge in [-0.25, -0.2) is 0 Å². The van der Waals surface area contributed by atoms with E-state index in [1.807, 2.05) is 6.08 Å². The van der Waals surface area contributed by atoms with Gasteiger partial charge in [-0.1, -0.05) is 6.08 Å². The fourth-order valence-corrected chi connectivity index (χ4v) is 4.69. The molecule has 0 saturated heterocycles. The number of amides is 1. The molecule has 8 heteroatoms. The summed E-state index contributed by atoms with van der Waals surface area (Å²) in [5.74, 6) is -4.97. The molecule has 25 heavy (non-hydrogen) atoms. The largest absolute Gasteiger partial charge is 0.508 e. The quantitative estimate of drug-likeness (QED) is 0.402. The highest BCUT2D eigenvalue weighted by Gasteiger charge is 2.59. The molecule has 4 rings (SSSR count). The second kappa shape index (κ2) is 4.95. The van der Waals surface area contributed by atoms with Gasteiger partial charge in [0.25, 0.3) is 5.91 Å².